The fourth-order valence-corrected chi connectivity index (χ4v) is 3.32. The summed E-state index contributed by atoms with van der Waals surface area (Å²) in [5.74, 6) is 0. The van der Waals surface area contributed by atoms with Crippen molar-refractivity contribution in [2.45, 2.75) is 71.1 Å². The van der Waals surface area contributed by atoms with Crippen LogP contribution in [0.15, 0.2) is 0 Å². The van der Waals surface area contributed by atoms with E-state index in [2.05, 4.69) is 39.5 Å². The molecule has 2 unspecified atom stereocenters. The Balaban J connectivity index is 2.92. The molecule has 0 aromatic heterocycles. The third-order valence-electron chi connectivity index (χ3n) is 4.27. The van der Waals surface area contributed by atoms with Gasteiger partial charge in [0.25, 0.3) is 0 Å². The molecule has 0 saturated carbocycles. The van der Waals surface area contributed by atoms with Gasteiger partial charge < -0.3 is 10.5 Å². The van der Waals surface area contributed by atoms with E-state index in [-0.39, 0.29) is 11.1 Å². The molecule has 0 spiro atoms. The van der Waals surface area contributed by atoms with Crippen LogP contribution in [0.1, 0.15) is 53.9 Å². The molecular weight excluding hydrogens is 212 g/mol. The average molecular weight is 242 g/mol. The van der Waals surface area contributed by atoms with Crippen molar-refractivity contribution in [1.29, 1.82) is 0 Å². The van der Waals surface area contributed by atoms with Gasteiger partial charge in [0.1, 0.15) is 0 Å². The van der Waals surface area contributed by atoms with E-state index in [9.17, 15) is 0 Å². The van der Waals surface area contributed by atoms with E-state index in [1.54, 1.807) is 0 Å². The Morgan fingerprint density at radius 2 is 2.00 bits per heavy atom. The zero-order valence-corrected chi connectivity index (χ0v) is 12.3. The molecule has 2 atom stereocenters. The van der Waals surface area contributed by atoms with Crippen molar-refractivity contribution < 1.29 is 4.74 Å². The number of ether oxygens (including phenoxy) is 1. The molecule has 0 radical (unpaired) electrons. The molecule has 0 amide bonds. The summed E-state index contributed by atoms with van der Waals surface area (Å²) >= 11 is 0. The number of nitrogens with two attached hydrogens (primary N) is 1. The van der Waals surface area contributed by atoms with E-state index in [0.29, 0.717) is 6.04 Å². The molecule has 2 N–H and O–H groups in total. The summed E-state index contributed by atoms with van der Waals surface area (Å²) in [4.78, 5) is 2.59. The number of likely N-dealkylation sites (N-methyl/N-ethyl adjacent to an activating group) is 1. The molecule has 0 bridgehead atoms. The SMILES string of the molecule is CCC(C)N(CC)C1(CN)CCOC(C)(C)C1. The lowest BCUT2D eigenvalue weighted by Gasteiger charge is -2.52. The van der Waals surface area contributed by atoms with Gasteiger partial charge in [-0.15, -0.1) is 0 Å². The predicted octanol–water partition coefficient (Wildman–Crippen LogP) is 2.39. The second kappa shape index (κ2) is 5.68. The molecule has 1 rings (SSSR count). The normalized spacial score (nSPS) is 30.5. The van der Waals surface area contributed by atoms with Gasteiger partial charge in [-0.25, -0.2) is 0 Å². The highest BCUT2D eigenvalue weighted by Gasteiger charge is 2.44. The molecule has 1 fully saturated rings. The Morgan fingerprint density at radius 3 is 2.41 bits per heavy atom. The number of nitrogens with zero attached hydrogens (tertiary/aromatic N) is 1. The highest BCUT2D eigenvalue weighted by Crippen LogP contribution is 2.37. The van der Waals surface area contributed by atoms with Gasteiger partial charge in [0.2, 0.25) is 0 Å². The van der Waals surface area contributed by atoms with E-state index < -0.39 is 0 Å². The first-order valence-electron chi connectivity index (χ1n) is 7.01. The zero-order chi connectivity index (χ0) is 13.1. The number of hydrogen-bond acceptors (Lipinski definition) is 3. The Labute approximate surface area is 107 Å². The fourth-order valence-electron chi connectivity index (χ4n) is 3.32. The molecule has 1 aliphatic heterocycles. The zero-order valence-electron chi connectivity index (χ0n) is 12.3. The summed E-state index contributed by atoms with van der Waals surface area (Å²) in [6, 6.07) is 0.595. The van der Waals surface area contributed by atoms with Crippen LogP contribution in [-0.2, 0) is 4.74 Å². The fraction of sp³-hybridized carbons (Fsp3) is 1.00. The van der Waals surface area contributed by atoms with Crippen LogP contribution < -0.4 is 5.73 Å². The van der Waals surface area contributed by atoms with Gasteiger partial charge in [0.15, 0.2) is 0 Å². The van der Waals surface area contributed by atoms with E-state index in [4.69, 9.17) is 10.5 Å². The quantitative estimate of drug-likeness (QED) is 0.804. The van der Waals surface area contributed by atoms with Crippen molar-refractivity contribution in [2.75, 3.05) is 19.7 Å². The van der Waals surface area contributed by atoms with Gasteiger partial charge in [-0.3, -0.25) is 4.90 Å². The average Bonchev–Trinajstić information content (AvgIpc) is 2.28. The van der Waals surface area contributed by atoms with Crippen LogP contribution in [0.2, 0.25) is 0 Å². The molecule has 3 heteroatoms. The molecule has 17 heavy (non-hydrogen) atoms. The van der Waals surface area contributed by atoms with E-state index in [1.165, 1.54) is 6.42 Å². The third kappa shape index (κ3) is 3.21. The Kier molecular flexibility index (Phi) is 4.99. The molecule has 1 saturated heterocycles. The minimum Gasteiger partial charge on any atom is -0.375 e. The summed E-state index contributed by atoms with van der Waals surface area (Å²) in [6.45, 7) is 13.8. The molecule has 0 aliphatic carbocycles. The molecule has 0 aromatic carbocycles. The maximum Gasteiger partial charge on any atom is 0.0644 e. The van der Waals surface area contributed by atoms with Crippen LogP contribution in [0.25, 0.3) is 0 Å². The van der Waals surface area contributed by atoms with Gasteiger partial charge in [0.05, 0.1) is 5.60 Å². The highest BCUT2D eigenvalue weighted by molar-refractivity contribution is 5.00. The third-order valence-corrected chi connectivity index (χ3v) is 4.27. The van der Waals surface area contributed by atoms with Crippen LogP contribution in [0.3, 0.4) is 0 Å². The minimum absolute atomic E-state index is 0.0432. The first-order valence-corrected chi connectivity index (χ1v) is 7.01. The second-order valence-corrected chi connectivity index (χ2v) is 6.01. The number of hydrogen-bond donors (Lipinski definition) is 1. The lowest BCUT2D eigenvalue weighted by atomic mass is 9.79. The van der Waals surface area contributed by atoms with Crippen LogP contribution in [0, 0.1) is 0 Å². The first-order chi connectivity index (χ1) is 7.90. The Morgan fingerprint density at radius 1 is 1.35 bits per heavy atom. The van der Waals surface area contributed by atoms with Crippen LogP contribution >= 0.6 is 0 Å². The summed E-state index contributed by atoms with van der Waals surface area (Å²) in [5.41, 5.74) is 6.22. The first kappa shape index (κ1) is 14.9. The molecule has 0 aromatic rings. The Bertz CT molecular complexity index is 242. The van der Waals surface area contributed by atoms with Crippen LogP contribution in [0.4, 0.5) is 0 Å². The maximum atomic E-state index is 6.13. The van der Waals surface area contributed by atoms with Gasteiger partial charge >= 0.3 is 0 Å². The molecule has 102 valence electrons. The Hall–Kier alpha value is -0.120. The van der Waals surface area contributed by atoms with E-state index in [1.807, 2.05) is 0 Å². The van der Waals surface area contributed by atoms with E-state index >= 15 is 0 Å². The monoisotopic (exact) mass is 242 g/mol. The predicted molar refractivity (Wildman–Crippen MR) is 73.2 cm³/mol. The van der Waals surface area contributed by atoms with Crippen molar-refractivity contribution in [3.05, 3.63) is 0 Å². The van der Waals surface area contributed by atoms with Crippen molar-refractivity contribution in [2.24, 2.45) is 5.73 Å². The molecular formula is C14H30N2O. The molecule has 1 aliphatic rings. The summed E-state index contributed by atoms with van der Waals surface area (Å²) in [7, 11) is 0. The van der Waals surface area contributed by atoms with Crippen LogP contribution in [-0.4, -0.2) is 41.8 Å². The lowest BCUT2D eigenvalue weighted by Crippen LogP contribution is -2.62. The van der Waals surface area contributed by atoms with Gasteiger partial charge in [-0.2, -0.15) is 0 Å². The maximum absolute atomic E-state index is 6.13. The molecule has 3 nitrogen and oxygen atoms in total. The number of rotatable bonds is 5. The van der Waals surface area contributed by atoms with Gasteiger partial charge in [-0.1, -0.05) is 13.8 Å². The second-order valence-electron chi connectivity index (χ2n) is 6.01. The van der Waals surface area contributed by atoms with Crippen molar-refractivity contribution in [1.82, 2.24) is 4.90 Å². The van der Waals surface area contributed by atoms with E-state index in [0.717, 1.165) is 32.5 Å². The highest BCUT2D eigenvalue weighted by atomic mass is 16.5. The molecule has 1 heterocycles. The topological polar surface area (TPSA) is 38.5 Å². The lowest BCUT2D eigenvalue weighted by molar-refractivity contribution is -0.124. The smallest absolute Gasteiger partial charge is 0.0644 e. The summed E-state index contributed by atoms with van der Waals surface area (Å²) < 4.78 is 5.85. The summed E-state index contributed by atoms with van der Waals surface area (Å²) in [5, 5.41) is 0. The van der Waals surface area contributed by atoms with Crippen molar-refractivity contribution in [3.8, 4) is 0 Å². The van der Waals surface area contributed by atoms with Gasteiger partial charge in [0, 0.05) is 24.7 Å². The van der Waals surface area contributed by atoms with Crippen molar-refractivity contribution in [3.63, 3.8) is 0 Å². The summed E-state index contributed by atoms with van der Waals surface area (Å²) in [6.07, 6.45) is 3.27. The van der Waals surface area contributed by atoms with Gasteiger partial charge in [-0.05, 0) is 46.6 Å². The minimum atomic E-state index is -0.0432. The van der Waals surface area contributed by atoms with Crippen molar-refractivity contribution >= 4 is 0 Å². The standard InChI is InChI=1S/C14H30N2O/c1-6-12(3)16(7-2)14(11-15)8-9-17-13(4,5)10-14/h12H,6-11,15H2,1-5H3. The van der Waals surface area contributed by atoms with Crippen LogP contribution in [0.5, 0.6) is 0 Å². The largest absolute Gasteiger partial charge is 0.375 e.